The number of oxazole rings is 1. The number of hydrogen-bond acceptors (Lipinski definition) is 2. The van der Waals surface area contributed by atoms with Crippen LogP contribution in [0.3, 0.4) is 0 Å². The van der Waals surface area contributed by atoms with Crippen LogP contribution in [-0.2, 0) is 0 Å². The van der Waals surface area contributed by atoms with Crippen molar-refractivity contribution in [3.05, 3.63) is 18.4 Å². The first-order valence-electron chi connectivity index (χ1n) is 2.78. The first-order chi connectivity index (χ1) is 3.97. The zero-order valence-electron chi connectivity index (χ0n) is 4.42. The van der Waals surface area contributed by atoms with Crippen LogP contribution in [0.4, 0.5) is 0 Å². The minimum Gasteiger partial charge on any atom is -0.448 e. The van der Waals surface area contributed by atoms with Gasteiger partial charge < -0.3 is 4.42 Å². The van der Waals surface area contributed by atoms with Crippen LogP contribution in [0.2, 0.25) is 0 Å². The van der Waals surface area contributed by atoms with Crippen LogP contribution in [0.25, 0.3) is 0 Å². The lowest BCUT2D eigenvalue weighted by Gasteiger charge is -1.80. The van der Waals surface area contributed by atoms with Gasteiger partial charge in [0.25, 0.3) is 0 Å². The largest absolute Gasteiger partial charge is 0.448 e. The Kier molecular flexibility index (Phi) is 0.692. The Labute approximate surface area is 47.5 Å². The second-order valence-corrected chi connectivity index (χ2v) is 2.09. The molecule has 0 aliphatic heterocycles. The molecule has 0 amide bonds. The van der Waals surface area contributed by atoms with Crippen LogP contribution in [0.5, 0.6) is 0 Å². The fraction of sp³-hybridized carbons (Fsp3) is 0.500. The van der Waals surface area contributed by atoms with E-state index in [0.717, 1.165) is 5.89 Å². The zero-order valence-corrected chi connectivity index (χ0v) is 4.42. The minimum absolute atomic E-state index is 0.626. The van der Waals surface area contributed by atoms with Gasteiger partial charge in [-0.15, -0.1) is 0 Å². The lowest BCUT2D eigenvalue weighted by atomic mass is 10.4. The molecule has 2 rings (SSSR count). The second-order valence-electron chi connectivity index (χ2n) is 2.09. The van der Waals surface area contributed by atoms with E-state index in [9.17, 15) is 0 Å². The summed E-state index contributed by atoms with van der Waals surface area (Å²) in [5.74, 6) is 1.49. The highest BCUT2D eigenvalue weighted by atomic mass is 16.3. The predicted molar refractivity (Wildman–Crippen MR) is 27.3 cm³/mol. The standard InChI is InChI=1S/C6H6NO/c1-2-5(1)6-7-3-4-8-6/h4-5H,1-2H2. The molecular formula is C6H6NO. The fourth-order valence-electron chi connectivity index (χ4n) is 0.721. The molecule has 1 radical (unpaired) electrons. The number of hydrogen-bond donors (Lipinski definition) is 0. The molecule has 1 saturated carbocycles. The first-order valence-corrected chi connectivity index (χ1v) is 2.78. The molecule has 2 nitrogen and oxygen atoms in total. The van der Waals surface area contributed by atoms with Crippen LogP contribution < -0.4 is 0 Å². The van der Waals surface area contributed by atoms with Crippen LogP contribution >= 0.6 is 0 Å². The summed E-state index contributed by atoms with van der Waals surface area (Å²) in [6.45, 7) is 0. The molecule has 1 aliphatic rings. The maximum absolute atomic E-state index is 4.99. The minimum atomic E-state index is 0.626. The van der Waals surface area contributed by atoms with Gasteiger partial charge in [0.15, 0.2) is 5.89 Å². The van der Waals surface area contributed by atoms with Crippen molar-refractivity contribution >= 4 is 0 Å². The van der Waals surface area contributed by atoms with Gasteiger partial charge in [0.05, 0.1) is 0 Å². The summed E-state index contributed by atoms with van der Waals surface area (Å²) in [4.78, 5) is 3.89. The quantitative estimate of drug-likeness (QED) is 0.542. The summed E-state index contributed by atoms with van der Waals surface area (Å²) in [6.07, 6.45) is 6.63. The lowest BCUT2D eigenvalue weighted by molar-refractivity contribution is 0.497. The Balaban J connectivity index is 2.28. The van der Waals surface area contributed by atoms with Crippen molar-refractivity contribution in [3.63, 3.8) is 0 Å². The van der Waals surface area contributed by atoms with Gasteiger partial charge >= 0.3 is 0 Å². The van der Waals surface area contributed by atoms with E-state index in [1.165, 1.54) is 19.1 Å². The van der Waals surface area contributed by atoms with Crippen molar-refractivity contribution in [3.8, 4) is 0 Å². The molecule has 0 saturated heterocycles. The van der Waals surface area contributed by atoms with Crippen LogP contribution in [-0.4, -0.2) is 4.98 Å². The molecule has 0 atom stereocenters. The van der Waals surface area contributed by atoms with E-state index in [0.29, 0.717) is 5.92 Å². The van der Waals surface area contributed by atoms with Gasteiger partial charge in [0, 0.05) is 5.92 Å². The summed E-state index contributed by atoms with van der Waals surface area (Å²) in [6, 6.07) is 0. The SMILES string of the molecule is [c]1coc(C2CC2)n1. The molecular weight excluding hydrogens is 102 g/mol. The van der Waals surface area contributed by atoms with E-state index in [1.54, 1.807) is 0 Å². The van der Waals surface area contributed by atoms with Gasteiger partial charge in [-0.2, -0.15) is 0 Å². The molecule has 1 aromatic rings. The molecule has 0 aromatic carbocycles. The van der Waals surface area contributed by atoms with Crippen LogP contribution in [0.15, 0.2) is 10.7 Å². The van der Waals surface area contributed by atoms with Crippen molar-refractivity contribution in [1.82, 2.24) is 4.98 Å². The van der Waals surface area contributed by atoms with Gasteiger partial charge in [-0.3, -0.25) is 0 Å². The van der Waals surface area contributed by atoms with E-state index in [2.05, 4.69) is 11.2 Å². The molecule has 8 heavy (non-hydrogen) atoms. The van der Waals surface area contributed by atoms with E-state index in [4.69, 9.17) is 4.42 Å². The van der Waals surface area contributed by atoms with Crippen molar-refractivity contribution in [2.24, 2.45) is 0 Å². The second kappa shape index (κ2) is 1.34. The molecule has 0 N–H and O–H groups in total. The number of nitrogens with zero attached hydrogens (tertiary/aromatic N) is 1. The fourth-order valence-corrected chi connectivity index (χ4v) is 0.721. The van der Waals surface area contributed by atoms with E-state index < -0.39 is 0 Å². The highest BCUT2D eigenvalue weighted by Crippen LogP contribution is 2.38. The van der Waals surface area contributed by atoms with Crippen LogP contribution in [0.1, 0.15) is 24.7 Å². The van der Waals surface area contributed by atoms with Gasteiger partial charge in [-0.1, -0.05) is 0 Å². The molecule has 0 spiro atoms. The summed E-state index contributed by atoms with van der Waals surface area (Å²) in [5, 5.41) is 0. The topological polar surface area (TPSA) is 26.0 Å². The van der Waals surface area contributed by atoms with Crippen molar-refractivity contribution in [2.45, 2.75) is 18.8 Å². The third-order valence-corrected chi connectivity index (χ3v) is 1.33. The molecule has 1 aliphatic carbocycles. The smallest absolute Gasteiger partial charge is 0.197 e. The molecule has 1 heterocycles. The van der Waals surface area contributed by atoms with Gasteiger partial charge in [-0.05, 0) is 12.8 Å². The molecule has 0 unspecified atom stereocenters. The molecule has 1 aromatic heterocycles. The Morgan fingerprint density at radius 2 is 2.62 bits per heavy atom. The summed E-state index contributed by atoms with van der Waals surface area (Å²) < 4.78 is 4.99. The lowest BCUT2D eigenvalue weighted by Crippen LogP contribution is -1.73. The Bertz CT molecular complexity index is 165. The Hall–Kier alpha value is -0.790. The molecule has 0 bridgehead atoms. The van der Waals surface area contributed by atoms with Crippen molar-refractivity contribution in [2.75, 3.05) is 0 Å². The summed E-state index contributed by atoms with van der Waals surface area (Å²) in [7, 11) is 0. The van der Waals surface area contributed by atoms with Crippen LogP contribution in [0, 0.1) is 6.20 Å². The normalized spacial score (nSPS) is 19.0. The molecule has 41 valence electrons. The predicted octanol–water partition coefficient (Wildman–Crippen LogP) is 1.35. The van der Waals surface area contributed by atoms with Gasteiger partial charge in [0.1, 0.15) is 12.5 Å². The van der Waals surface area contributed by atoms with E-state index in [1.807, 2.05) is 0 Å². The van der Waals surface area contributed by atoms with Crippen molar-refractivity contribution < 1.29 is 4.42 Å². The molecule has 1 fully saturated rings. The Morgan fingerprint density at radius 1 is 1.75 bits per heavy atom. The monoisotopic (exact) mass is 108 g/mol. The maximum atomic E-state index is 4.99. The summed E-state index contributed by atoms with van der Waals surface area (Å²) in [5.41, 5.74) is 0. The number of aromatic nitrogens is 1. The van der Waals surface area contributed by atoms with Gasteiger partial charge in [-0.25, -0.2) is 4.98 Å². The van der Waals surface area contributed by atoms with Gasteiger partial charge in [0.2, 0.25) is 0 Å². The summed E-state index contributed by atoms with van der Waals surface area (Å²) >= 11 is 0. The van der Waals surface area contributed by atoms with E-state index in [-0.39, 0.29) is 0 Å². The third-order valence-electron chi connectivity index (χ3n) is 1.33. The average molecular weight is 108 g/mol. The third kappa shape index (κ3) is 0.529. The average Bonchev–Trinajstić information content (AvgIpc) is 2.49. The maximum Gasteiger partial charge on any atom is 0.197 e. The van der Waals surface area contributed by atoms with E-state index >= 15 is 0 Å². The first kappa shape index (κ1) is 4.13. The zero-order chi connectivity index (χ0) is 5.40. The highest BCUT2D eigenvalue weighted by molar-refractivity contribution is 4.99. The number of rotatable bonds is 1. The molecule has 2 heteroatoms. The highest BCUT2D eigenvalue weighted by Gasteiger charge is 2.27. The Morgan fingerprint density at radius 3 is 3.12 bits per heavy atom. The van der Waals surface area contributed by atoms with Crippen molar-refractivity contribution in [1.29, 1.82) is 0 Å².